The summed E-state index contributed by atoms with van der Waals surface area (Å²) in [6.07, 6.45) is 2.60. The molecule has 0 bridgehead atoms. The molecule has 0 radical (unpaired) electrons. The molecular weight excluding hydrogens is 392 g/mol. The number of hydrogen-bond donors (Lipinski definition) is 1. The molecule has 0 spiro atoms. The van der Waals surface area contributed by atoms with Crippen molar-refractivity contribution in [1.82, 2.24) is 10.2 Å². The number of morpholine rings is 1. The molecule has 0 aliphatic carbocycles. The number of rotatable bonds is 6. The van der Waals surface area contributed by atoms with Gasteiger partial charge in [-0.05, 0) is 37.6 Å². The van der Waals surface area contributed by atoms with E-state index in [2.05, 4.69) is 51.7 Å². The molecule has 166 valence electrons. The first-order chi connectivity index (χ1) is 14.9. The second-order valence-corrected chi connectivity index (χ2v) is 8.89. The first kappa shape index (κ1) is 22.9. The molecule has 1 amide bonds. The van der Waals surface area contributed by atoms with Gasteiger partial charge in [0.05, 0.1) is 31.0 Å². The molecule has 8 nitrogen and oxygen atoms in total. The van der Waals surface area contributed by atoms with Crippen LogP contribution in [0.1, 0.15) is 32.8 Å². The molecule has 2 aliphatic heterocycles. The lowest BCUT2D eigenvalue weighted by Crippen LogP contribution is -2.55. The van der Waals surface area contributed by atoms with Crippen LogP contribution in [0.2, 0.25) is 0 Å². The summed E-state index contributed by atoms with van der Waals surface area (Å²) in [5.41, 5.74) is 2.49. The van der Waals surface area contributed by atoms with E-state index in [1.807, 2.05) is 13.0 Å². The van der Waals surface area contributed by atoms with E-state index in [0.29, 0.717) is 43.2 Å². The standard InChI is InChI=1S/C23H32N6O2/c1-5-26-22-19(7-6-17(13-24)21(22)25-4)29-14-18(12-23(2,3)16-29)27-20(30)15-28-8-10-31-11-9-28/h5-7,18H,4,8-12,14-16H2,1-3H3,(H,27,30)/t18-/m1/s1. The van der Waals surface area contributed by atoms with Crippen LogP contribution in [-0.2, 0) is 9.53 Å². The van der Waals surface area contributed by atoms with E-state index in [-0.39, 0.29) is 17.4 Å². The van der Waals surface area contributed by atoms with Gasteiger partial charge >= 0.3 is 0 Å². The molecule has 2 aliphatic rings. The summed E-state index contributed by atoms with van der Waals surface area (Å²) in [7, 11) is 0. The lowest BCUT2D eigenvalue weighted by molar-refractivity contribution is -0.124. The molecule has 0 unspecified atom stereocenters. The van der Waals surface area contributed by atoms with Gasteiger partial charge in [0, 0.05) is 38.4 Å². The molecule has 1 aromatic rings. The van der Waals surface area contributed by atoms with Crippen molar-refractivity contribution in [2.24, 2.45) is 15.4 Å². The van der Waals surface area contributed by atoms with Crippen molar-refractivity contribution in [2.45, 2.75) is 33.2 Å². The Morgan fingerprint density at radius 1 is 1.39 bits per heavy atom. The lowest BCUT2D eigenvalue weighted by atomic mass is 9.81. The summed E-state index contributed by atoms with van der Waals surface area (Å²) in [6, 6.07) is 5.87. The zero-order chi connectivity index (χ0) is 22.4. The van der Waals surface area contributed by atoms with Crippen molar-refractivity contribution < 1.29 is 9.53 Å². The highest BCUT2D eigenvalue weighted by molar-refractivity contribution is 5.86. The van der Waals surface area contributed by atoms with E-state index in [0.717, 1.165) is 31.7 Å². The molecule has 2 saturated heterocycles. The number of hydrogen-bond acceptors (Lipinski definition) is 7. The number of benzene rings is 1. The normalized spacial score (nSPS) is 21.6. The van der Waals surface area contributed by atoms with E-state index in [9.17, 15) is 10.1 Å². The highest BCUT2D eigenvalue weighted by Crippen LogP contribution is 2.43. The van der Waals surface area contributed by atoms with Crippen LogP contribution in [0.15, 0.2) is 22.1 Å². The van der Waals surface area contributed by atoms with Gasteiger partial charge in [-0.1, -0.05) is 13.8 Å². The second-order valence-electron chi connectivity index (χ2n) is 8.89. The third-order valence-corrected chi connectivity index (χ3v) is 5.70. The van der Waals surface area contributed by atoms with Gasteiger partial charge in [0.2, 0.25) is 5.91 Å². The van der Waals surface area contributed by atoms with Crippen molar-refractivity contribution in [2.75, 3.05) is 50.8 Å². The minimum absolute atomic E-state index is 0.00195. The number of aliphatic imine (C=N–C) groups is 2. The highest BCUT2D eigenvalue weighted by Gasteiger charge is 2.35. The number of ether oxygens (including phenoxy) is 1. The largest absolute Gasteiger partial charge is 0.379 e. The van der Waals surface area contributed by atoms with Crippen molar-refractivity contribution in [3.63, 3.8) is 0 Å². The average Bonchev–Trinajstić information content (AvgIpc) is 2.73. The van der Waals surface area contributed by atoms with Crippen molar-refractivity contribution in [1.29, 1.82) is 5.26 Å². The molecule has 1 aromatic carbocycles. The predicted molar refractivity (Wildman–Crippen MR) is 124 cm³/mol. The van der Waals surface area contributed by atoms with Crippen molar-refractivity contribution in [3.8, 4) is 6.07 Å². The monoisotopic (exact) mass is 424 g/mol. The summed E-state index contributed by atoms with van der Waals surface area (Å²) in [5.74, 6) is 0.0460. The second kappa shape index (κ2) is 10.0. The molecule has 1 N–H and O–H groups in total. The first-order valence-electron chi connectivity index (χ1n) is 10.7. The Balaban J connectivity index is 1.81. The summed E-state index contributed by atoms with van der Waals surface area (Å²) < 4.78 is 5.36. The fourth-order valence-corrected chi connectivity index (χ4v) is 4.49. The zero-order valence-electron chi connectivity index (χ0n) is 18.7. The molecule has 0 saturated carbocycles. The van der Waals surface area contributed by atoms with Crippen LogP contribution >= 0.6 is 0 Å². The summed E-state index contributed by atoms with van der Waals surface area (Å²) >= 11 is 0. The molecule has 1 atom stereocenters. The van der Waals surface area contributed by atoms with Crippen LogP contribution in [0.5, 0.6) is 0 Å². The Morgan fingerprint density at radius 2 is 2.13 bits per heavy atom. The maximum Gasteiger partial charge on any atom is 0.234 e. The van der Waals surface area contributed by atoms with Crippen molar-refractivity contribution in [3.05, 3.63) is 17.7 Å². The van der Waals surface area contributed by atoms with Gasteiger partial charge in [-0.2, -0.15) is 5.26 Å². The number of piperidine rings is 1. The molecule has 8 heteroatoms. The van der Waals surface area contributed by atoms with Crippen LogP contribution in [0.4, 0.5) is 17.1 Å². The molecule has 2 fully saturated rings. The molecular formula is C23H32N6O2. The predicted octanol–water partition coefficient (Wildman–Crippen LogP) is 2.67. The van der Waals surface area contributed by atoms with E-state index < -0.39 is 0 Å². The third kappa shape index (κ3) is 5.69. The van der Waals surface area contributed by atoms with Crippen molar-refractivity contribution >= 4 is 35.9 Å². The number of carbonyl (C=O) groups excluding carboxylic acids is 1. The van der Waals surface area contributed by atoms with E-state index in [1.54, 1.807) is 12.3 Å². The van der Waals surface area contributed by atoms with Gasteiger partial charge in [0.1, 0.15) is 17.4 Å². The highest BCUT2D eigenvalue weighted by atomic mass is 16.5. The topological polar surface area (TPSA) is 93.3 Å². The summed E-state index contributed by atoms with van der Waals surface area (Å²) in [4.78, 5) is 25.7. The fraction of sp³-hybridized carbons (Fsp3) is 0.565. The molecule has 31 heavy (non-hydrogen) atoms. The van der Waals surface area contributed by atoms with Gasteiger partial charge < -0.3 is 15.0 Å². The maximum atomic E-state index is 12.7. The average molecular weight is 425 g/mol. The quantitative estimate of drug-likeness (QED) is 0.709. The van der Waals surface area contributed by atoms with Crippen LogP contribution in [0.3, 0.4) is 0 Å². The first-order valence-corrected chi connectivity index (χ1v) is 10.7. The smallest absolute Gasteiger partial charge is 0.234 e. The lowest BCUT2D eigenvalue weighted by Gasteiger charge is -2.44. The Labute approximate surface area is 184 Å². The molecule has 3 rings (SSSR count). The van der Waals surface area contributed by atoms with Crippen LogP contribution in [0, 0.1) is 16.7 Å². The number of nitrogens with one attached hydrogen (secondary N) is 1. The van der Waals surface area contributed by atoms with Gasteiger partial charge in [0.15, 0.2) is 0 Å². The SMILES string of the molecule is C=Nc1c(C#N)ccc(N2C[C@H](NC(=O)CN3CCOCC3)CC(C)(C)C2)c1N=CC. The zero-order valence-corrected chi connectivity index (χ0v) is 18.7. The number of nitriles is 1. The number of anilines is 1. The van der Waals surface area contributed by atoms with Gasteiger partial charge in [-0.25, -0.2) is 0 Å². The van der Waals surface area contributed by atoms with Gasteiger partial charge in [-0.15, -0.1) is 0 Å². The fourth-order valence-electron chi connectivity index (χ4n) is 4.49. The van der Waals surface area contributed by atoms with Crippen LogP contribution < -0.4 is 10.2 Å². The Kier molecular flexibility index (Phi) is 7.42. The minimum atomic E-state index is -0.00195. The molecule has 0 aromatic heterocycles. The maximum absolute atomic E-state index is 12.7. The third-order valence-electron chi connectivity index (χ3n) is 5.70. The molecule has 2 heterocycles. The summed E-state index contributed by atoms with van der Waals surface area (Å²) in [5, 5.41) is 12.7. The van der Waals surface area contributed by atoms with E-state index in [4.69, 9.17) is 4.74 Å². The van der Waals surface area contributed by atoms with E-state index >= 15 is 0 Å². The minimum Gasteiger partial charge on any atom is -0.379 e. The van der Waals surface area contributed by atoms with Crippen LogP contribution in [-0.4, -0.2) is 75.7 Å². The Hall–Kier alpha value is -2.76. The number of carbonyl (C=O) groups is 1. The number of nitrogens with zero attached hydrogens (tertiary/aromatic N) is 5. The van der Waals surface area contributed by atoms with Crippen LogP contribution in [0.25, 0.3) is 0 Å². The number of amides is 1. The van der Waals surface area contributed by atoms with Gasteiger partial charge in [0.25, 0.3) is 0 Å². The Morgan fingerprint density at radius 3 is 2.77 bits per heavy atom. The van der Waals surface area contributed by atoms with E-state index in [1.165, 1.54) is 0 Å². The summed E-state index contributed by atoms with van der Waals surface area (Å²) in [6.45, 7) is 14.7. The Bertz CT molecular complexity index is 883. The van der Waals surface area contributed by atoms with Gasteiger partial charge in [-0.3, -0.25) is 19.7 Å².